The van der Waals surface area contributed by atoms with Gasteiger partial charge in [0.2, 0.25) is 0 Å². The Kier molecular flexibility index (Phi) is 3.78. The van der Waals surface area contributed by atoms with Crippen LogP contribution in [0.5, 0.6) is 0 Å². The first-order valence-corrected chi connectivity index (χ1v) is 9.17. The van der Waals surface area contributed by atoms with E-state index in [4.69, 9.17) is 0 Å². The minimum Gasteiger partial charge on any atom is -0.321 e. The number of hydrogen-bond acceptors (Lipinski definition) is 2. The smallest absolute Gasteiger partial charge is 0.264 e. The van der Waals surface area contributed by atoms with Gasteiger partial charge in [0.05, 0.1) is 5.69 Å². The van der Waals surface area contributed by atoms with Gasteiger partial charge < -0.3 is 9.88 Å². The summed E-state index contributed by atoms with van der Waals surface area (Å²) in [6.45, 7) is 5.90. The molecule has 0 aromatic carbocycles. The lowest BCUT2D eigenvalue weighted by Gasteiger charge is -2.28. The SMILES string of the molecule is Cc1c(C)c(C)n(C2CCCCC2)c(=O)c1C(=O)Nc1c2cccc1-2. The zero-order valence-electron chi connectivity index (χ0n) is 15.1. The van der Waals surface area contributed by atoms with Crippen LogP contribution in [-0.2, 0) is 0 Å². The van der Waals surface area contributed by atoms with Gasteiger partial charge in [-0.15, -0.1) is 0 Å². The van der Waals surface area contributed by atoms with Gasteiger partial charge in [0, 0.05) is 22.9 Å². The molecule has 0 saturated heterocycles. The average molecular weight is 336 g/mol. The van der Waals surface area contributed by atoms with E-state index in [1.54, 1.807) is 0 Å². The fraction of sp³-hybridized carbons (Fsp3) is 0.429. The number of rotatable bonds is 3. The highest BCUT2D eigenvalue weighted by atomic mass is 16.2. The first-order chi connectivity index (χ1) is 12.0. The van der Waals surface area contributed by atoms with Crippen molar-refractivity contribution in [2.24, 2.45) is 0 Å². The number of carbonyl (C=O) groups excluding carboxylic acids is 1. The van der Waals surface area contributed by atoms with E-state index in [0.717, 1.165) is 59.3 Å². The summed E-state index contributed by atoms with van der Waals surface area (Å²) in [5.41, 5.74) is 6.05. The molecule has 0 radical (unpaired) electrons. The Balaban J connectivity index is 1.75. The number of hydrogen-bond donors (Lipinski definition) is 1. The minimum absolute atomic E-state index is 0.133. The molecule has 1 N–H and O–H groups in total. The molecule has 130 valence electrons. The van der Waals surface area contributed by atoms with Crippen LogP contribution in [0.2, 0.25) is 0 Å². The van der Waals surface area contributed by atoms with E-state index in [2.05, 4.69) is 5.32 Å². The number of anilines is 1. The predicted octanol–water partition coefficient (Wildman–Crippen LogP) is 4.51. The normalized spacial score (nSPS) is 16.0. The number of fused-ring (bicyclic) bond motifs is 1. The number of benzene rings is 1. The van der Waals surface area contributed by atoms with Crippen LogP contribution in [-0.4, -0.2) is 10.5 Å². The highest BCUT2D eigenvalue weighted by Crippen LogP contribution is 2.48. The molecule has 1 fully saturated rings. The highest BCUT2D eigenvalue weighted by molar-refractivity contribution is 6.16. The third kappa shape index (κ3) is 2.51. The van der Waals surface area contributed by atoms with Gasteiger partial charge in [-0.2, -0.15) is 0 Å². The Labute approximate surface area is 147 Å². The van der Waals surface area contributed by atoms with Gasteiger partial charge in [0.1, 0.15) is 5.56 Å². The molecule has 1 amide bonds. The molecule has 0 atom stereocenters. The summed E-state index contributed by atoms with van der Waals surface area (Å²) in [7, 11) is 0. The lowest BCUT2D eigenvalue weighted by atomic mass is 9.93. The summed E-state index contributed by atoms with van der Waals surface area (Å²) < 4.78 is 1.89. The van der Waals surface area contributed by atoms with Crippen LogP contribution >= 0.6 is 0 Å². The summed E-state index contributed by atoms with van der Waals surface area (Å²) in [6, 6.07) is 6.16. The lowest BCUT2D eigenvalue weighted by Crippen LogP contribution is -2.35. The number of para-hydroxylation sites is 1. The van der Waals surface area contributed by atoms with Crippen molar-refractivity contribution in [3.05, 3.63) is 50.9 Å². The molecule has 3 aliphatic rings. The fourth-order valence-corrected chi connectivity index (χ4v) is 4.23. The first kappa shape index (κ1) is 16.1. The molecule has 1 heterocycles. The summed E-state index contributed by atoms with van der Waals surface area (Å²) in [6.07, 6.45) is 5.60. The number of nitrogens with zero attached hydrogens (tertiary/aromatic N) is 1. The first-order valence-electron chi connectivity index (χ1n) is 9.17. The van der Waals surface area contributed by atoms with Crippen molar-refractivity contribution in [1.82, 2.24) is 4.57 Å². The number of pyridine rings is 1. The fourth-order valence-electron chi connectivity index (χ4n) is 4.23. The van der Waals surface area contributed by atoms with Crippen LogP contribution in [0.25, 0.3) is 11.1 Å². The molecule has 4 nitrogen and oxygen atoms in total. The van der Waals surface area contributed by atoms with Crippen LogP contribution in [0.15, 0.2) is 23.0 Å². The van der Waals surface area contributed by atoms with Crippen molar-refractivity contribution < 1.29 is 4.79 Å². The topological polar surface area (TPSA) is 51.1 Å². The number of amides is 1. The largest absolute Gasteiger partial charge is 0.321 e. The van der Waals surface area contributed by atoms with E-state index in [1.165, 1.54) is 6.42 Å². The molecule has 4 heteroatoms. The Bertz CT molecular complexity index is 914. The zero-order chi connectivity index (χ0) is 17.7. The number of nitrogens with one attached hydrogen (secondary N) is 1. The van der Waals surface area contributed by atoms with Crippen LogP contribution in [0, 0.1) is 20.8 Å². The Morgan fingerprint density at radius 2 is 1.68 bits per heavy atom. The van der Waals surface area contributed by atoms with Gasteiger partial charge in [-0.3, -0.25) is 9.59 Å². The Morgan fingerprint density at radius 3 is 2.32 bits per heavy atom. The van der Waals surface area contributed by atoms with Crippen molar-refractivity contribution in [1.29, 1.82) is 0 Å². The highest BCUT2D eigenvalue weighted by Gasteiger charge is 2.29. The van der Waals surface area contributed by atoms with Crippen molar-refractivity contribution in [2.45, 2.75) is 58.9 Å². The second-order valence-electron chi connectivity index (χ2n) is 7.36. The molecule has 0 unspecified atom stereocenters. The maximum atomic E-state index is 13.2. The minimum atomic E-state index is -0.277. The van der Waals surface area contributed by atoms with Crippen molar-refractivity contribution in [2.75, 3.05) is 5.32 Å². The quantitative estimate of drug-likeness (QED) is 0.765. The van der Waals surface area contributed by atoms with E-state index in [0.29, 0.717) is 5.56 Å². The van der Waals surface area contributed by atoms with E-state index in [9.17, 15) is 9.59 Å². The van der Waals surface area contributed by atoms with E-state index in [-0.39, 0.29) is 17.5 Å². The molecule has 3 aliphatic carbocycles. The molecule has 4 rings (SSSR count). The summed E-state index contributed by atoms with van der Waals surface area (Å²) >= 11 is 0. The monoisotopic (exact) mass is 336 g/mol. The van der Waals surface area contributed by atoms with Gasteiger partial charge in [-0.25, -0.2) is 0 Å². The summed E-state index contributed by atoms with van der Waals surface area (Å²) in [5.74, 6) is -0.277. The molecular weight excluding hydrogens is 312 g/mol. The Morgan fingerprint density at radius 1 is 1.04 bits per heavy atom. The van der Waals surface area contributed by atoms with E-state index < -0.39 is 0 Å². The van der Waals surface area contributed by atoms with Crippen molar-refractivity contribution in [3.8, 4) is 11.1 Å². The molecular formula is C21H24N2O2. The van der Waals surface area contributed by atoms with Crippen LogP contribution in [0.4, 0.5) is 5.69 Å². The molecule has 1 aromatic heterocycles. The average Bonchev–Trinajstić information content (AvgIpc) is 3.03. The van der Waals surface area contributed by atoms with Gasteiger partial charge in [0.15, 0.2) is 0 Å². The maximum Gasteiger partial charge on any atom is 0.264 e. The van der Waals surface area contributed by atoms with E-state index in [1.807, 2.05) is 43.5 Å². The standard InChI is InChI=1S/C21H24N2O2/c1-12-13(2)18(20(24)22-19-16-10-7-11-17(16)19)21(25)23(14(12)3)15-8-5-4-6-9-15/h7,10-11,15H,4-6,8-9H2,1-3H3,(H,22,24). The second kappa shape index (κ2) is 5.87. The van der Waals surface area contributed by atoms with Gasteiger partial charge in [-0.1, -0.05) is 37.5 Å². The van der Waals surface area contributed by atoms with Gasteiger partial charge >= 0.3 is 0 Å². The number of aromatic nitrogens is 1. The Hall–Kier alpha value is -2.36. The third-order valence-electron chi connectivity index (χ3n) is 5.97. The van der Waals surface area contributed by atoms with Gasteiger partial charge in [0.25, 0.3) is 11.5 Å². The van der Waals surface area contributed by atoms with Crippen LogP contribution < -0.4 is 10.9 Å². The van der Waals surface area contributed by atoms with E-state index >= 15 is 0 Å². The second-order valence-corrected chi connectivity index (χ2v) is 7.36. The third-order valence-corrected chi connectivity index (χ3v) is 5.97. The molecule has 25 heavy (non-hydrogen) atoms. The molecule has 0 bridgehead atoms. The molecule has 0 spiro atoms. The summed E-state index contributed by atoms with van der Waals surface area (Å²) in [5, 5.41) is 2.94. The molecule has 0 aliphatic heterocycles. The maximum absolute atomic E-state index is 13.2. The predicted molar refractivity (Wildman–Crippen MR) is 100 cm³/mol. The molecule has 1 saturated carbocycles. The van der Waals surface area contributed by atoms with Gasteiger partial charge in [-0.05, 0) is 44.7 Å². The van der Waals surface area contributed by atoms with Crippen molar-refractivity contribution >= 4 is 11.6 Å². The van der Waals surface area contributed by atoms with Crippen LogP contribution in [0.1, 0.15) is 65.3 Å². The van der Waals surface area contributed by atoms with Crippen LogP contribution in [0.3, 0.4) is 0 Å². The number of carbonyl (C=O) groups is 1. The van der Waals surface area contributed by atoms with Crippen molar-refractivity contribution in [3.63, 3.8) is 0 Å². The summed E-state index contributed by atoms with van der Waals surface area (Å²) in [4.78, 5) is 26.1. The lowest BCUT2D eigenvalue weighted by molar-refractivity contribution is 0.102. The zero-order valence-corrected chi connectivity index (χ0v) is 15.1. The molecule has 1 aromatic rings.